The summed E-state index contributed by atoms with van der Waals surface area (Å²) >= 11 is 6.13. The van der Waals surface area contributed by atoms with Gasteiger partial charge in [-0.05, 0) is 44.4 Å². The standard InChI is InChI=1S/C17H20ClN5/c1-11-13-10-19-14-6-5-12(18)9-15(14)21-16(13)22-17(20-11)23-7-3-2-4-8-23/h5-6,9,19H,2-4,7-8,10H2,1H3,(H,20,21,22). The molecule has 2 aliphatic rings. The fraction of sp³-hybridized carbons (Fsp3) is 0.412. The number of hydrogen-bond donors (Lipinski definition) is 2. The van der Waals surface area contributed by atoms with Gasteiger partial charge in [-0.15, -0.1) is 0 Å². The Balaban J connectivity index is 1.73. The van der Waals surface area contributed by atoms with Crippen LogP contribution in [0.3, 0.4) is 0 Å². The number of nitrogens with zero attached hydrogens (tertiary/aromatic N) is 3. The van der Waals surface area contributed by atoms with Gasteiger partial charge in [-0.1, -0.05) is 11.6 Å². The van der Waals surface area contributed by atoms with Crippen molar-refractivity contribution in [3.63, 3.8) is 0 Å². The van der Waals surface area contributed by atoms with E-state index in [1.807, 2.05) is 18.2 Å². The van der Waals surface area contributed by atoms with Gasteiger partial charge >= 0.3 is 0 Å². The van der Waals surface area contributed by atoms with E-state index in [1.165, 1.54) is 19.3 Å². The smallest absolute Gasteiger partial charge is 0.227 e. The van der Waals surface area contributed by atoms with Crippen LogP contribution in [0.4, 0.5) is 23.1 Å². The van der Waals surface area contributed by atoms with E-state index in [1.54, 1.807) is 0 Å². The Labute approximate surface area is 141 Å². The maximum atomic E-state index is 6.13. The van der Waals surface area contributed by atoms with Crippen LogP contribution in [0.5, 0.6) is 0 Å². The molecular formula is C17H20ClN5. The number of anilines is 4. The molecule has 120 valence electrons. The zero-order valence-electron chi connectivity index (χ0n) is 13.2. The summed E-state index contributed by atoms with van der Waals surface area (Å²) in [6.45, 7) is 4.85. The van der Waals surface area contributed by atoms with Crippen LogP contribution in [0.1, 0.15) is 30.5 Å². The zero-order valence-corrected chi connectivity index (χ0v) is 14.0. The predicted molar refractivity (Wildman–Crippen MR) is 94.9 cm³/mol. The zero-order chi connectivity index (χ0) is 15.8. The Kier molecular flexibility index (Phi) is 3.73. The van der Waals surface area contributed by atoms with E-state index in [-0.39, 0.29) is 0 Å². The minimum absolute atomic E-state index is 0.711. The van der Waals surface area contributed by atoms with Gasteiger partial charge in [0.2, 0.25) is 5.95 Å². The highest BCUT2D eigenvalue weighted by atomic mass is 35.5. The summed E-state index contributed by atoms with van der Waals surface area (Å²) in [6.07, 6.45) is 3.73. The summed E-state index contributed by atoms with van der Waals surface area (Å²) in [6, 6.07) is 5.81. The van der Waals surface area contributed by atoms with Gasteiger partial charge in [-0.3, -0.25) is 0 Å². The van der Waals surface area contributed by atoms with Gasteiger partial charge in [0, 0.05) is 35.9 Å². The van der Waals surface area contributed by atoms with Crippen LogP contribution in [0.25, 0.3) is 0 Å². The molecule has 0 atom stereocenters. The number of fused-ring (bicyclic) bond motifs is 2. The van der Waals surface area contributed by atoms with Crippen molar-refractivity contribution in [3.8, 4) is 0 Å². The van der Waals surface area contributed by atoms with E-state index in [9.17, 15) is 0 Å². The van der Waals surface area contributed by atoms with Crippen LogP contribution in [-0.4, -0.2) is 23.1 Å². The van der Waals surface area contributed by atoms with Crippen LogP contribution in [0.15, 0.2) is 18.2 Å². The summed E-state index contributed by atoms with van der Waals surface area (Å²) in [5.74, 6) is 1.71. The molecule has 4 rings (SSSR count). The molecule has 2 aliphatic heterocycles. The Bertz CT molecular complexity index is 740. The molecule has 0 bridgehead atoms. The SMILES string of the molecule is Cc1nc(N2CCCCC2)nc2c1CNc1ccc(Cl)cc1N2. The predicted octanol–water partition coefficient (Wildman–Crippen LogP) is 4.10. The fourth-order valence-corrected chi connectivity index (χ4v) is 3.39. The number of hydrogen-bond acceptors (Lipinski definition) is 5. The number of benzene rings is 1. The lowest BCUT2D eigenvalue weighted by atomic mass is 10.1. The lowest BCUT2D eigenvalue weighted by Gasteiger charge is -2.27. The first-order valence-electron chi connectivity index (χ1n) is 8.13. The van der Waals surface area contributed by atoms with Crippen LogP contribution in [-0.2, 0) is 6.54 Å². The average molecular weight is 330 g/mol. The molecule has 1 aromatic carbocycles. The second kappa shape index (κ2) is 5.89. The van der Waals surface area contributed by atoms with Crippen LogP contribution >= 0.6 is 11.6 Å². The molecule has 1 aromatic heterocycles. The minimum Gasteiger partial charge on any atom is -0.379 e. The van der Waals surface area contributed by atoms with Crippen molar-refractivity contribution in [1.82, 2.24) is 9.97 Å². The molecule has 0 unspecified atom stereocenters. The summed E-state index contributed by atoms with van der Waals surface area (Å²) in [5, 5.41) is 7.58. The third-order valence-electron chi connectivity index (χ3n) is 4.53. The molecule has 0 spiro atoms. The maximum absolute atomic E-state index is 6.13. The number of aromatic nitrogens is 2. The van der Waals surface area contributed by atoms with Crippen molar-refractivity contribution < 1.29 is 0 Å². The number of rotatable bonds is 1. The first-order chi connectivity index (χ1) is 11.2. The highest BCUT2D eigenvalue weighted by Crippen LogP contribution is 2.34. The third kappa shape index (κ3) is 2.81. The van der Waals surface area contributed by atoms with Crippen molar-refractivity contribution in [2.75, 3.05) is 28.6 Å². The summed E-state index contributed by atoms with van der Waals surface area (Å²) in [4.78, 5) is 11.8. The topological polar surface area (TPSA) is 53.1 Å². The molecule has 3 heterocycles. The summed E-state index contributed by atoms with van der Waals surface area (Å²) < 4.78 is 0. The van der Waals surface area contributed by atoms with Crippen LogP contribution < -0.4 is 15.5 Å². The highest BCUT2D eigenvalue weighted by Gasteiger charge is 2.20. The molecule has 2 N–H and O–H groups in total. The van der Waals surface area contributed by atoms with E-state index in [2.05, 4.69) is 22.5 Å². The van der Waals surface area contributed by atoms with Gasteiger partial charge < -0.3 is 15.5 Å². The van der Waals surface area contributed by atoms with Crippen molar-refractivity contribution in [3.05, 3.63) is 34.5 Å². The number of halogens is 1. The van der Waals surface area contributed by atoms with Gasteiger partial charge in [0.05, 0.1) is 11.4 Å². The minimum atomic E-state index is 0.711. The molecule has 2 aromatic rings. The lowest BCUT2D eigenvalue weighted by Crippen LogP contribution is -2.31. The maximum Gasteiger partial charge on any atom is 0.227 e. The Hall–Kier alpha value is -2.01. The number of aryl methyl sites for hydroxylation is 1. The normalized spacial score (nSPS) is 16.7. The van der Waals surface area contributed by atoms with Gasteiger partial charge in [0.15, 0.2) is 0 Å². The van der Waals surface area contributed by atoms with E-state index in [0.717, 1.165) is 47.5 Å². The van der Waals surface area contributed by atoms with E-state index >= 15 is 0 Å². The first kappa shape index (κ1) is 14.6. The molecule has 0 aliphatic carbocycles. The second-order valence-electron chi connectivity index (χ2n) is 6.15. The molecule has 1 fully saturated rings. The molecule has 5 nitrogen and oxygen atoms in total. The lowest BCUT2D eigenvalue weighted by molar-refractivity contribution is 0.567. The first-order valence-corrected chi connectivity index (χ1v) is 8.51. The molecule has 0 radical (unpaired) electrons. The monoisotopic (exact) mass is 329 g/mol. The Morgan fingerprint density at radius 1 is 1.09 bits per heavy atom. The molecule has 0 amide bonds. The van der Waals surface area contributed by atoms with E-state index in [0.29, 0.717) is 11.6 Å². The second-order valence-corrected chi connectivity index (χ2v) is 6.59. The molecule has 6 heteroatoms. The molecule has 1 saturated heterocycles. The van der Waals surface area contributed by atoms with Crippen molar-refractivity contribution in [2.45, 2.75) is 32.7 Å². The van der Waals surface area contributed by atoms with Crippen molar-refractivity contribution >= 4 is 34.7 Å². The molecule has 23 heavy (non-hydrogen) atoms. The highest BCUT2D eigenvalue weighted by molar-refractivity contribution is 6.31. The van der Waals surface area contributed by atoms with E-state index < -0.39 is 0 Å². The Morgan fingerprint density at radius 2 is 1.91 bits per heavy atom. The number of piperidine rings is 1. The summed E-state index contributed by atoms with van der Waals surface area (Å²) in [5.41, 5.74) is 4.12. The van der Waals surface area contributed by atoms with Gasteiger partial charge in [-0.2, -0.15) is 4.98 Å². The summed E-state index contributed by atoms with van der Waals surface area (Å²) in [7, 11) is 0. The average Bonchev–Trinajstić information content (AvgIpc) is 2.74. The molecule has 0 saturated carbocycles. The third-order valence-corrected chi connectivity index (χ3v) is 4.77. The van der Waals surface area contributed by atoms with Gasteiger partial charge in [-0.25, -0.2) is 4.98 Å². The van der Waals surface area contributed by atoms with E-state index in [4.69, 9.17) is 21.6 Å². The van der Waals surface area contributed by atoms with Crippen LogP contribution in [0.2, 0.25) is 5.02 Å². The van der Waals surface area contributed by atoms with Gasteiger partial charge in [0.1, 0.15) is 5.82 Å². The van der Waals surface area contributed by atoms with Gasteiger partial charge in [0.25, 0.3) is 0 Å². The largest absolute Gasteiger partial charge is 0.379 e. The fourth-order valence-electron chi connectivity index (χ4n) is 3.22. The Morgan fingerprint density at radius 3 is 2.74 bits per heavy atom. The van der Waals surface area contributed by atoms with Crippen molar-refractivity contribution in [2.24, 2.45) is 0 Å². The molecular weight excluding hydrogens is 310 g/mol. The van der Waals surface area contributed by atoms with Crippen molar-refractivity contribution in [1.29, 1.82) is 0 Å². The quantitative estimate of drug-likeness (QED) is 0.825. The number of nitrogens with one attached hydrogen (secondary N) is 2. The van der Waals surface area contributed by atoms with Crippen LogP contribution in [0, 0.1) is 6.92 Å².